The summed E-state index contributed by atoms with van der Waals surface area (Å²) in [7, 11) is 0. The Hall–Kier alpha value is -3.42. The second-order valence-electron chi connectivity index (χ2n) is 9.88. The summed E-state index contributed by atoms with van der Waals surface area (Å²) in [4.78, 5) is 26.2. The van der Waals surface area contributed by atoms with Crippen molar-refractivity contribution in [3.05, 3.63) is 47.2 Å². The van der Waals surface area contributed by atoms with Crippen LogP contribution in [-0.4, -0.2) is 65.3 Å². The maximum absolute atomic E-state index is 12.9. The molecule has 1 saturated carbocycles. The zero-order valence-electron chi connectivity index (χ0n) is 20.5. The van der Waals surface area contributed by atoms with E-state index in [4.69, 9.17) is 20.2 Å². The number of aromatic nitrogens is 2. The van der Waals surface area contributed by atoms with Crippen molar-refractivity contribution in [2.75, 3.05) is 37.7 Å². The minimum Gasteiger partial charge on any atom is -0.461 e. The molecule has 10 heteroatoms. The lowest BCUT2D eigenvalue weighted by molar-refractivity contribution is 0.0767. The summed E-state index contributed by atoms with van der Waals surface area (Å²) in [6.07, 6.45) is 3.65. The molecule has 0 radical (unpaired) electrons. The number of fused-ring (bicyclic) bond motifs is 1. The average molecular weight is 492 g/mol. The van der Waals surface area contributed by atoms with Gasteiger partial charge in [0.1, 0.15) is 19.0 Å². The van der Waals surface area contributed by atoms with E-state index in [1.54, 1.807) is 4.90 Å². The van der Waals surface area contributed by atoms with Crippen LogP contribution in [0.4, 0.5) is 10.6 Å². The van der Waals surface area contributed by atoms with Crippen LogP contribution in [0.25, 0.3) is 0 Å². The first-order valence-corrected chi connectivity index (χ1v) is 12.7. The molecule has 1 saturated heterocycles. The van der Waals surface area contributed by atoms with E-state index in [0.717, 1.165) is 54.9 Å². The normalized spacial score (nSPS) is 20.6. The second-order valence-corrected chi connectivity index (χ2v) is 9.88. The molecule has 10 nitrogen and oxygen atoms in total. The van der Waals surface area contributed by atoms with Gasteiger partial charge in [-0.2, -0.15) is 15.2 Å². The molecule has 2 fully saturated rings. The van der Waals surface area contributed by atoms with Crippen LogP contribution < -0.4 is 20.7 Å². The van der Waals surface area contributed by atoms with Gasteiger partial charge in [-0.05, 0) is 37.8 Å². The first-order chi connectivity index (χ1) is 17.5. The van der Waals surface area contributed by atoms with E-state index in [1.807, 2.05) is 30.3 Å². The molecule has 5 rings (SSSR count). The molecule has 3 aliphatic rings. The number of hydrogen-bond acceptors (Lipinski definition) is 9. The maximum Gasteiger partial charge on any atom is 0.410 e. The lowest BCUT2D eigenvalue weighted by atomic mass is 9.78. The number of amides is 1. The minimum absolute atomic E-state index is 0.203. The summed E-state index contributed by atoms with van der Waals surface area (Å²) >= 11 is 0. The van der Waals surface area contributed by atoms with Crippen molar-refractivity contribution in [3.8, 4) is 12.1 Å². The van der Waals surface area contributed by atoms with Crippen LogP contribution in [0.15, 0.2) is 30.3 Å². The molecule has 2 aromatic rings. The summed E-state index contributed by atoms with van der Waals surface area (Å²) in [6.45, 7) is 3.63. The van der Waals surface area contributed by atoms with Crippen molar-refractivity contribution in [3.63, 3.8) is 0 Å². The van der Waals surface area contributed by atoms with Gasteiger partial charge in [0.15, 0.2) is 0 Å². The predicted octanol–water partition coefficient (Wildman–Crippen LogP) is 2.12. The van der Waals surface area contributed by atoms with Crippen LogP contribution in [0.2, 0.25) is 0 Å². The van der Waals surface area contributed by atoms with Crippen LogP contribution >= 0.6 is 0 Å². The number of ether oxygens (including phenoxy) is 2. The van der Waals surface area contributed by atoms with Crippen LogP contribution in [0.3, 0.4) is 0 Å². The lowest BCUT2D eigenvalue weighted by Gasteiger charge is -2.41. The highest BCUT2D eigenvalue weighted by atomic mass is 16.6. The topological polar surface area (TPSA) is 130 Å². The Morgan fingerprint density at radius 2 is 2.08 bits per heavy atom. The van der Waals surface area contributed by atoms with Crippen molar-refractivity contribution in [2.45, 2.75) is 56.8 Å². The van der Waals surface area contributed by atoms with Gasteiger partial charge in [0.05, 0.1) is 29.8 Å². The first kappa shape index (κ1) is 24.3. The summed E-state index contributed by atoms with van der Waals surface area (Å²) in [5, 5.41) is 12.9. The third kappa shape index (κ3) is 5.37. The number of carbonyl (C=O) groups is 1. The highest BCUT2D eigenvalue weighted by molar-refractivity contribution is 5.69. The van der Waals surface area contributed by atoms with Crippen molar-refractivity contribution in [2.24, 2.45) is 5.73 Å². The Balaban J connectivity index is 1.31. The third-order valence-electron chi connectivity index (χ3n) is 7.28. The molecule has 1 aromatic carbocycles. The highest BCUT2D eigenvalue weighted by Gasteiger charge is 2.36. The quantitative estimate of drug-likeness (QED) is 0.598. The average Bonchev–Trinajstić information content (AvgIpc) is 2.89. The Morgan fingerprint density at radius 3 is 2.83 bits per heavy atom. The smallest absolute Gasteiger partial charge is 0.410 e. The van der Waals surface area contributed by atoms with E-state index in [2.05, 4.69) is 21.3 Å². The van der Waals surface area contributed by atoms with Crippen molar-refractivity contribution in [1.29, 1.82) is 5.26 Å². The molecule has 1 aliphatic carbocycles. The molecule has 0 bridgehead atoms. The van der Waals surface area contributed by atoms with E-state index < -0.39 is 6.09 Å². The zero-order valence-corrected chi connectivity index (χ0v) is 20.5. The van der Waals surface area contributed by atoms with E-state index in [1.165, 1.54) is 0 Å². The van der Waals surface area contributed by atoms with Crippen LogP contribution in [0.1, 0.15) is 42.5 Å². The maximum atomic E-state index is 12.9. The number of benzene rings is 1. The molecule has 2 aliphatic heterocycles. The van der Waals surface area contributed by atoms with Crippen LogP contribution in [0.5, 0.6) is 6.01 Å². The Morgan fingerprint density at radius 1 is 1.25 bits per heavy atom. The molecular weight excluding hydrogens is 458 g/mol. The summed E-state index contributed by atoms with van der Waals surface area (Å²) in [5.41, 5.74) is 9.01. The SMILES string of the molecule is N#CC[C@H]1CN(c2nc(OCC3(N)CCC3)nc3c2CCNC3)CCN1C(=O)OCc1ccccc1. The van der Waals surface area contributed by atoms with Gasteiger partial charge >= 0.3 is 12.1 Å². The molecule has 190 valence electrons. The van der Waals surface area contributed by atoms with Gasteiger partial charge in [0.25, 0.3) is 0 Å². The van der Waals surface area contributed by atoms with E-state index in [0.29, 0.717) is 38.8 Å². The fraction of sp³-hybridized carbons (Fsp3) is 0.538. The van der Waals surface area contributed by atoms with Crippen LogP contribution in [-0.2, 0) is 24.3 Å². The number of piperazine rings is 1. The number of carbonyl (C=O) groups excluding carboxylic acids is 1. The molecule has 3 N–H and O–H groups in total. The van der Waals surface area contributed by atoms with E-state index in [9.17, 15) is 10.1 Å². The second kappa shape index (κ2) is 10.7. The fourth-order valence-corrected chi connectivity index (χ4v) is 5.00. The number of nitrogens with two attached hydrogens (primary N) is 1. The van der Waals surface area contributed by atoms with Gasteiger partial charge < -0.3 is 30.3 Å². The molecule has 36 heavy (non-hydrogen) atoms. The summed E-state index contributed by atoms with van der Waals surface area (Å²) < 4.78 is 11.5. The van der Waals surface area contributed by atoms with Crippen LogP contribution in [0, 0.1) is 11.3 Å². The standard InChI is InChI=1S/C26H33N7O3/c27-11-7-20-16-32(13-14-33(20)25(34)35-17-19-5-2-1-3-6-19)23-21-8-12-29-15-22(21)30-24(31-23)36-18-26(28)9-4-10-26/h1-3,5-6,20,29H,4,7-10,12-18,28H2/t20-/m0/s1. The van der Waals surface area contributed by atoms with E-state index in [-0.39, 0.29) is 24.6 Å². The number of nitrogens with zero attached hydrogens (tertiary/aromatic N) is 5. The number of rotatable bonds is 7. The number of nitriles is 1. The molecule has 3 heterocycles. The Bertz CT molecular complexity index is 1120. The molecule has 0 unspecified atom stereocenters. The highest BCUT2D eigenvalue weighted by Crippen LogP contribution is 2.31. The lowest BCUT2D eigenvalue weighted by Crippen LogP contribution is -2.55. The third-order valence-corrected chi connectivity index (χ3v) is 7.28. The largest absolute Gasteiger partial charge is 0.461 e. The number of anilines is 1. The fourth-order valence-electron chi connectivity index (χ4n) is 5.00. The predicted molar refractivity (Wildman–Crippen MR) is 133 cm³/mol. The molecule has 1 atom stereocenters. The first-order valence-electron chi connectivity index (χ1n) is 12.7. The van der Waals surface area contributed by atoms with Gasteiger partial charge in [-0.3, -0.25) is 0 Å². The minimum atomic E-state index is -0.398. The zero-order chi connectivity index (χ0) is 25.0. The van der Waals surface area contributed by atoms with E-state index >= 15 is 0 Å². The molecule has 1 aromatic heterocycles. The van der Waals surface area contributed by atoms with Gasteiger partial charge in [-0.25, -0.2) is 4.79 Å². The van der Waals surface area contributed by atoms with Crippen molar-refractivity contribution >= 4 is 11.9 Å². The molecule has 0 spiro atoms. The van der Waals surface area contributed by atoms with Gasteiger partial charge in [0.2, 0.25) is 0 Å². The number of nitrogens with one attached hydrogen (secondary N) is 1. The molecule has 1 amide bonds. The van der Waals surface area contributed by atoms with Gasteiger partial charge in [-0.1, -0.05) is 30.3 Å². The Kier molecular flexibility index (Phi) is 7.20. The van der Waals surface area contributed by atoms with Crippen molar-refractivity contribution < 1.29 is 14.3 Å². The Labute approximate surface area is 211 Å². The van der Waals surface area contributed by atoms with Crippen molar-refractivity contribution in [1.82, 2.24) is 20.2 Å². The monoisotopic (exact) mass is 491 g/mol. The van der Waals surface area contributed by atoms with Gasteiger partial charge in [0, 0.05) is 31.7 Å². The summed E-state index contributed by atoms with van der Waals surface area (Å²) in [6, 6.07) is 11.9. The number of hydrogen-bond donors (Lipinski definition) is 2. The molecular formula is C26H33N7O3. The summed E-state index contributed by atoms with van der Waals surface area (Å²) in [5.74, 6) is 0.830. The van der Waals surface area contributed by atoms with Gasteiger partial charge in [-0.15, -0.1) is 0 Å².